The van der Waals surface area contributed by atoms with E-state index in [9.17, 15) is 0 Å². The fraction of sp³-hybridized carbons (Fsp3) is 1.00. The van der Waals surface area contributed by atoms with Gasteiger partial charge in [-0.2, -0.15) is 0 Å². The Bertz CT molecular complexity index is 245. The topological polar surface area (TPSA) is 15.3 Å². The van der Waals surface area contributed by atoms with Crippen molar-refractivity contribution in [2.75, 3.05) is 32.7 Å². The van der Waals surface area contributed by atoms with Crippen LogP contribution in [0.3, 0.4) is 0 Å². The van der Waals surface area contributed by atoms with Crippen molar-refractivity contribution in [1.29, 1.82) is 0 Å². The Hall–Kier alpha value is 0.210. The van der Waals surface area contributed by atoms with E-state index >= 15 is 0 Å². The third-order valence-corrected chi connectivity index (χ3v) is 5.43. The summed E-state index contributed by atoms with van der Waals surface area (Å²) in [6.07, 6.45) is 11.9. The molecule has 0 radical (unpaired) electrons. The van der Waals surface area contributed by atoms with Crippen molar-refractivity contribution < 1.29 is 0 Å². The number of nitrogens with one attached hydrogen (secondary N) is 1. The Morgan fingerprint density at radius 2 is 1.94 bits per heavy atom. The van der Waals surface area contributed by atoms with Gasteiger partial charge in [0.2, 0.25) is 0 Å². The molecular formula is C15H29ClN2. The quantitative estimate of drug-likeness (QED) is 0.850. The molecule has 3 fully saturated rings. The molecule has 1 unspecified atom stereocenters. The highest BCUT2D eigenvalue weighted by Crippen LogP contribution is 2.36. The molecule has 1 N–H and O–H groups in total. The van der Waals surface area contributed by atoms with Crippen LogP contribution in [0.2, 0.25) is 0 Å². The lowest BCUT2D eigenvalue weighted by molar-refractivity contribution is 0.239. The molecule has 1 aliphatic carbocycles. The molecule has 3 heteroatoms. The lowest BCUT2D eigenvalue weighted by Gasteiger charge is -2.26. The van der Waals surface area contributed by atoms with E-state index in [4.69, 9.17) is 0 Å². The summed E-state index contributed by atoms with van der Waals surface area (Å²) in [5.41, 5.74) is 0.673. The van der Waals surface area contributed by atoms with Crippen molar-refractivity contribution >= 4 is 12.4 Å². The van der Waals surface area contributed by atoms with Gasteiger partial charge in [-0.05, 0) is 50.2 Å². The van der Waals surface area contributed by atoms with Gasteiger partial charge in [0.1, 0.15) is 0 Å². The Morgan fingerprint density at radius 3 is 2.67 bits per heavy atom. The summed E-state index contributed by atoms with van der Waals surface area (Å²) < 4.78 is 0. The second-order valence-corrected chi connectivity index (χ2v) is 6.75. The molecule has 2 aliphatic heterocycles. The Kier molecular flexibility index (Phi) is 5.35. The minimum absolute atomic E-state index is 0. The second kappa shape index (κ2) is 6.58. The van der Waals surface area contributed by atoms with Gasteiger partial charge in [-0.1, -0.05) is 32.1 Å². The van der Waals surface area contributed by atoms with Crippen molar-refractivity contribution in [2.45, 2.75) is 51.4 Å². The van der Waals surface area contributed by atoms with Gasteiger partial charge in [-0.3, -0.25) is 0 Å². The molecule has 0 aromatic rings. The number of rotatable bonds is 3. The summed E-state index contributed by atoms with van der Waals surface area (Å²) in [6, 6.07) is 0. The molecule has 1 atom stereocenters. The summed E-state index contributed by atoms with van der Waals surface area (Å²) in [4.78, 5) is 2.75. The first-order valence-corrected chi connectivity index (χ1v) is 7.79. The standard InChI is InChI=1S/C15H28N2.ClH/c1-2-4-14(5-3-1)6-10-17-11-8-15(13-17)7-9-16-12-15;/h14,16H,1-13H2;1H. The van der Waals surface area contributed by atoms with Crippen LogP contribution < -0.4 is 5.32 Å². The van der Waals surface area contributed by atoms with E-state index in [1.807, 2.05) is 0 Å². The first kappa shape index (κ1) is 14.6. The van der Waals surface area contributed by atoms with Crippen LogP contribution in [0, 0.1) is 11.3 Å². The Morgan fingerprint density at radius 1 is 1.11 bits per heavy atom. The number of likely N-dealkylation sites (tertiary alicyclic amines) is 1. The van der Waals surface area contributed by atoms with Crippen molar-refractivity contribution in [3.8, 4) is 0 Å². The van der Waals surface area contributed by atoms with Crippen LogP contribution in [0.4, 0.5) is 0 Å². The van der Waals surface area contributed by atoms with E-state index in [0.717, 1.165) is 5.92 Å². The zero-order chi connectivity index (χ0) is 11.6. The van der Waals surface area contributed by atoms with Gasteiger partial charge >= 0.3 is 0 Å². The van der Waals surface area contributed by atoms with E-state index < -0.39 is 0 Å². The average Bonchev–Trinajstić information content (AvgIpc) is 2.99. The molecular weight excluding hydrogens is 244 g/mol. The highest BCUT2D eigenvalue weighted by atomic mass is 35.5. The Labute approximate surface area is 118 Å². The second-order valence-electron chi connectivity index (χ2n) is 6.75. The molecule has 0 aromatic heterocycles. The maximum absolute atomic E-state index is 3.55. The van der Waals surface area contributed by atoms with Gasteiger partial charge < -0.3 is 10.2 Å². The van der Waals surface area contributed by atoms with Gasteiger partial charge in [0.15, 0.2) is 0 Å². The third-order valence-electron chi connectivity index (χ3n) is 5.43. The SMILES string of the molecule is C1CCC(CCN2CCC3(CCNC3)C2)CC1.Cl. The molecule has 1 spiro atoms. The van der Waals surface area contributed by atoms with Crippen LogP contribution >= 0.6 is 12.4 Å². The summed E-state index contributed by atoms with van der Waals surface area (Å²) in [5, 5.41) is 3.55. The molecule has 1 saturated carbocycles. The van der Waals surface area contributed by atoms with E-state index in [0.29, 0.717) is 5.41 Å². The first-order chi connectivity index (χ1) is 8.36. The first-order valence-electron chi connectivity index (χ1n) is 7.79. The highest BCUT2D eigenvalue weighted by Gasteiger charge is 2.39. The summed E-state index contributed by atoms with van der Waals surface area (Å²) in [6.45, 7) is 6.68. The van der Waals surface area contributed by atoms with Crippen LogP contribution in [0.1, 0.15) is 51.4 Å². The predicted octanol–water partition coefficient (Wildman–Crippen LogP) is 3.06. The average molecular weight is 273 g/mol. The van der Waals surface area contributed by atoms with Crippen molar-refractivity contribution in [2.24, 2.45) is 11.3 Å². The third kappa shape index (κ3) is 3.40. The highest BCUT2D eigenvalue weighted by molar-refractivity contribution is 5.85. The summed E-state index contributed by atoms with van der Waals surface area (Å²) >= 11 is 0. The van der Waals surface area contributed by atoms with E-state index in [1.165, 1.54) is 84.1 Å². The van der Waals surface area contributed by atoms with Gasteiger partial charge in [0.05, 0.1) is 0 Å². The maximum atomic E-state index is 3.55. The van der Waals surface area contributed by atoms with Crippen molar-refractivity contribution in [1.82, 2.24) is 10.2 Å². The molecule has 2 heterocycles. The van der Waals surface area contributed by atoms with Gasteiger partial charge in [0, 0.05) is 13.1 Å². The monoisotopic (exact) mass is 272 g/mol. The van der Waals surface area contributed by atoms with Crippen LogP contribution in [0.25, 0.3) is 0 Å². The smallest absolute Gasteiger partial charge is 0.00511 e. The fourth-order valence-electron chi connectivity index (χ4n) is 4.20. The van der Waals surface area contributed by atoms with Gasteiger partial charge in [-0.15, -0.1) is 12.4 Å². The Balaban J connectivity index is 0.00000120. The van der Waals surface area contributed by atoms with Gasteiger partial charge in [0.25, 0.3) is 0 Å². The molecule has 2 nitrogen and oxygen atoms in total. The van der Waals surface area contributed by atoms with Crippen LogP contribution in [0.15, 0.2) is 0 Å². The number of hydrogen-bond donors (Lipinski definition) is 1. The number of hydrogen-bond acceptors (Lipinski definition) is 2. The number of halogens is 1. The number of nitrogens with zero attached hydrogens (tertiary/aromatic N) is 1. The molecule has 0 aromatic carbocycles. The van der Waals surface area contributed by atoms with Crippen molar-refractivity contribution in [3.05, 3.63) is 0 Å². The minimum atomic E-state index is 0. The zero-order valence-electron chi connectivity index (χ0n) is 11.6. The largest absolute Gasteiger partial charge is 0.316 e. The van der Waals surface area contributed by atoms with E-state index in [1.54, 1.807) is 0 Å². The molecule has 18 heavy (non-hydrogen) atoms. The lowest BCUT2D eigenvalue weighted by atomic mass is 9.86. The molecule has 106 valence electrons. The molecule has 0 bridgehead atoms. The van der Waals surface area contributed by atoms with E-state index in [-0.39, 0.29) is 12.4 Å². The van der Waals surface area contributed by atoms with Crippen LogP contribution in [-0.2, 0) is 0 Å². The summed E-state index contributed by atoms with van der Waals surface area (Å²) in [7, 11) is 0. The molecule has 2 saturated heterocycles. The van der Waals surface area contributed by atoms with Crippen molar-refractivity contribution in [3.63, 3.8) is 0 Å². The fourth-order valence-corrected chi connectivity index (χ4v) is 4.20. The minimum Gasteiger partial charge on any atom is -0.316 e. The van der Waals surface area contributed by atoms with Crippen LogP contribution in [-0.4, -0.2) is 37.6 Å². The normalized spacial score (nSPS) is 34.0. The molecule has 3 aliphatic rings. The molecule has 0 amide bonds. The van der Waals surface area contributed by atoms with E-state index in [2.05, 4.69) is 10.2 Å². The summed E-state index contributed by atoms with van der Waals surface area (Å²) in [5.74, 6) is 1.06. The molecule has 3 rings (SSSR count). The lowest BCUT2D eigenvalue weighted by Crippen LogP contribution is -2.30. The van der Waals surface area contributed by atoms with Crippen LogP contribution in [0.5, 0.6) is 0 Å². The maximum Gasteiger partial charge on any atom is 0.00511 e. The predicted molar refractivity (Wildman–Crippen MR) is 79.4 cm³/mol. The van der Waals surface area contributed by atoms with Gasteiger partial charge in [-0.25, -0.2) is 0 Å². The zero-order valence-corrected chi connectivity index (χ0v) is 12.4.